The molecule has 0 aliphatic heterocycles. The molecule has 1 N–H and O–H groups in total. The lowest BCUT2D eigenvalue weighted by molar-refractivity contribution is -0.385. The van der Waals surface area contributed by atoms with Crippen molar-refractivity contribution in [1.82, 2.24) is 5.32 Å². The van der Waals surface area contributed by atoms with Gasteiger partial charge in [-0.1, -0.05) is 19.1 Å². The summed E-state index contributed by atoms with van der Waals surface area (Å²) in [5, 5.41) is 13.3. The number of rotatable bonds is 8. The largest absolute Gasteiger partial charge is 0.475 e. The highest BCUT2D eigenvalue weighted by Gasteiger charge is 2.15. The Bertz CT molecular complexity index is 517. The third kappa shape index (κ3) is 5.89. The summed E-state index contributed by atoms with van der Waals surface area (Å²) in [5.74, 6) is -1.22. The lowest BCUT2D eigenvalue weighted by atomic mass is 10.3. The van der Waals surface area contributed by atoms with Crippen LogP contribution in [0.3, 0.4) is 0 Å². The molecule has 1 aromatic rings. The van der Waals surface area contributed by atoms with Crippen LogP contribution in [0.5, 0.6) is 5.75 Å². The van der Waals surface area contributed by atoms with E-state index >= 15 is 0 Å². The van der Waals surface area contributed by atoms with E-state index in [1.165, 1.54) is 18.2 Å². The van der Waals surface area contributed by atoms with Gasteiger partial charge in [-0.25, -0.2) is 4.79 Å². The quantitative estimate of drug-likeness (QED) is 0.436. The lowest BCUT2D eigenvalue weighted by Crippen LogP contribution is -2.30. The number of nitro benzene ring substituents is 1. The molecular weight excluding hydrogens is 280 g/mol. The van der Waals surface area contributed by atoms with Crippen LogP contribution >= 0.6 is 0 Å². The van der Waals surface area contributed by atoms with Crippen molar-refractivity contribution in [3.8, 4) is 5.75 Å². The fourth-order valence-electron chi connectivity index (χ4n) is 1.37. The summed E-state index contributed by atoms with van der Waals surface area (Å²) in [6, 6.07) is 5.67. The summed E-state index contributed by atoms with van der Waals surface area (Å²) < 4.78 is 9.70. The number of ether oxygens (including phenoxy) is 2. The highest BCUT2D eigenvalue weighted by atomic mass is 16.6. The first-order valence-corrected chi connectivity index (χ1v) is 6.33. The van der Waals surface area contributed by atoms with Crippen molar-refractivity contribution in [3.63, 3.8) is 0 Å². The number of carbonyl (C=O) groups is 2. The molecule has 0 fully saturated rings. The predicted octanol–water partition coefficient (Wildman–Crippen LogP) is 1.04. The zero-order chi connectivity index (χ0) is 15.7. The standard InChI is InChI=1S/C13H16N2O6/c1-2-7-14-12(16)8-21-13(17)9-20-11-6-4-3-5-10(11)15(18)19/h3-6H,2,7-9H2,1H3,(H,14,16). The van der Waals surface area contributed by atoms with E-state index in [1.54, 1.807) is 6.07 Å². The topological polar surface area (TPSA) is 108 Å². The number of nitrogens with zero attached hydrogens (tertiary/aromatic N) is 1. The second kappa shape index (κ2) is 8.51. The van der Waals surface area contributed by atoms with Crippen LogP contribution in [-0.2, 0) is 14.3 Å². The second-order valence-electron chi connectivity index (χ2n) is 4.02. The number of hydrogen-bond acceptors (Lipinski definition) is 6. The van der Waals surface area contributed by atoms with E-state index in [0.29, 0.717) is 6.54 Å². The summed E-state index contributed by atoms with van der Waals surface area (Å²) in [6.07, 6.45) is 0.778. The van der Waals surface area contributed by atoms with Gasteiger partial charge in [0.1, 0.15) is 0 Å². The molecule has 0 aromatic heterocycles. The first kappa shape index (κ1) is 16.4. The van der Waals surface area contributed by atoms with Gasteiger partial charge in [0.15, 0.2) is 19.0 Å². The molecule has 0 saturated carbocycles. The maximum atomic E-state index is 11.4. The van der Waals surface area contributed by atoms with Gasteiger partial charge < -0.3 is 14.8 Å². The molecule has 0 unspecified atom stereocenters. The normalized spacial score (nSPS) is 9.76. The first-order chi connectivity index (χ1) is 10.0. The summed E-state index contributed by atoms with van der Waals surface area (Å²) >= 11 is 0. The molecule has 0 aliphatic rings. The Hall–Kier alpha value is -2.64. The molecular formula is C13H16N2O6. The maximum absolute atomic E-state index is 11.4. The SMILES string of the molecule is CCCNC(=O)COC(=O)COc1ccccc1[N+](=O)[O-]. The highest BCUT2D eigenvalue weighted by molar-refractivity contribution is 5.80. The van der Waals surface area contributed by atoms with E-state index in [2.05, 4.69) is 10.1 Å². The van der Waals surface area contributed by atoms with Crippen LogP contribution < -0.4 is 10.1 Å². The van der Waals surface area contributed by atoms with Gasteiger partial charge in [-0.3, -0.25) is 14.9 Å². The average Bonchev–Trinajstić information content (AvgIpc) is 2.48. The van der Waals surface area contributed by atoms with Gasteiger partial charge in [0, 0.05) is 12.6 Å². The zero-order valence-electron chi connectivity index (χ0n) is 11.5. The fourth-order valence-corrected chi connectivity index (χ4v) is 1.37. The van der Waals surface area contributed by atoms with Crippen LogP contribution in [0.2, 0.25) is 0 Å². The van der Waals surface area contributed by atoms with Crippen molar-refractivity contribution in [2.24, 2.45) is 0 Å². The van der Waals surface area contributed by atoms with Crippen LogP contribution in [0, 0.1) is 10.1 Å². The number of esters is 1. The van der Waals surface area contributed by atoms with Gasteiger partial charge in [0.25, 0.3) is 5.91 Å². The van der Waals surface area contributed by atoms with Gasteiger partial charge in [-0.05, 0) is 12.5 Å². The Labute approximate surface area is 121 Å². The lowest BCUT2D eigenvalue weighted by Gasteiger charge is -2.07. The number of para-hydroxylation sites is 2. The Morgan fingerprint density at radius 1 is 1.29 bits per heavy atom. The molecule has 1 aromatic carbocycles. The van der Waals surface area contributed by atoms with Gasteiger partial charge in [0.05, 0.1) is 4.92 Å². The average molecular weight is 296 g/mol. The number of hydrogen-bond donors (Lipinski definition) is 1. The Morgan fingerprint density at radius 2 is 2.00 bits per heavy atom. The number of nitrogens with one attached hydrogen (secondary N) is 1. The third-order valence-electron chi connectivity index (χ3n) is 2.34. The van der Waals surface area contributed by atoms with Crippen LogP contribution in [0.25, 0.3) is 0 Å². The van der Waals surface area contributed by atoms with Gasteiger partial charge in [-0.2, -0.15) is 0 Å². The molecule has 0 aliphatic carbocycles. The molecule has 21 heavy (non-hydrogen) atoms. The van der Waals surface area contributed by atoms with Crippen molar-refractivity contribution in [2.45, 2.75) is 13.3 Å². The molecule has 8 heteroatoms. The van der Waals surface area contributed by atoms with Crippen molar-refractivity contribution in [2.75, 3.05) is 19.8 Å². The molecule has 1 rings (SSSR count). The second-order valence-corrected chi connectivity index (χ2v) is 4.02. The summed E-state index contributed by atoms with van der Waals surface area (Å²) in [4.78, 5) is 32.7. The molecule has 0 atom stereocenters. The number of amides is 1. The number of benzene rings is 1. The van der Waals surface area contributed by atoms with Crippen molar-refractivity contribution >= 4 is 17.6 Å². The van der Waals surface area contributed by atoms with Gasteiger partial charge in [0.2, 0.25) is 0 Å². The minimum Gasteiger partial charge on any atom is -0.475 e. The minimum atomic E-state index is -0.778. The van der Waals surface area contributed by atoms with Crippen LogP contribution in [0.1, 0.15) is 13.3 Å². The van der Waals surface area contributed by atoms with Crippen LogP contribution in [0.4, 0.5) is 5.69 Å². The minimum absolute atomic E-state index is 0.0325. The van der Waals surface area contributed by atoms with E-state index < -0.39 is 30.0 Å². The van der Waals surface area contributed by atoms with E-state index in [-0.39, 0.29) is 11.4 Å². The van der Waals surface area contributed by atoms with E-state index in [9.17, 15) is 19.7 Å². The molecule has 0 heterocycles. The Kier molecular flexibility index (Phi) is 6.66. The summed E-state index contributed by atoms with van der Waals surface area (Å²) in [5.41, 5.74) is -0.244. The number of nitro groups is 1. The van der Waals surface area contributed by atoms with Gasteiger partial charge >= 0.3 is 11.7 Å². The van der Waals surface area contributed by atoms with E-state index in [1.807, 2.05) is 6.92 Å². The zero-order valence-corrected chi connectivity index (χ0v) is 11.5. The fraction of sp³-hybridized carbons (Fsp3) is 0.385. The third-order valence-corrected chi connectivity index (χ3v) is 2.34. The molecule has 0 radical (unpaired) electrons. The maximum Gasteiger partial charge on any atom is 0.344 e. The molecule has 114 valence electrons. The van der Waals surface area contributed by atoms with Crippen molar-refractivity contribution < 1.29 is 24.0 Å². The Morgan fingerprint density at radius 3 is 2.67 bits per heavy atom. The molecule has 0 saturated heterocycles. The molecule has 0 bridgehead atoms. The highest BCUT2D eigenvalue weighted by Crippen LogP contribution is 2.25. The summed E-state index contributed by atoms with van der Waals surface area (Å²) in [7, 11) is 0. The molecule has 0 spiro atoms. The van der Waals surface area contributed by atoms with E-state index in [0.717, 1.165) is 6.42 Å². The summed E-state index contributed by atoms with van der Waals surface area (Å²) in [6.45, 7) is 1.49. The smallest absolute Gasteiger partial charge is 0.344 e. The molecule has 1 amide bonds. The Balaban J connectivity index is 2.40. The van der Waals surface area contributed by atoms with Gasteiger partial charge in [-0.15, -0.1) is 0 Å². The van der Waals surface area contributed by atoms with Crippen LogP contribution in [-0.4, -0.2) is 36.6 Å². The van der Waals surface area contributed by atoms with Crippen molar-refractivity contribution in [3.05, 3.63) is 34.4 Å². The molecule has 8 nitrogen and oxygen atoms in total. The number of carbonyl (C=O) groups excluding carboxylic acids is 2. The van der Waals surface area contributed by atoms with Crippen molar-refractivity contribution in [1.29, 1.82) is 0 Å². The predicted molar refractivity (Wildman–Crippen MR) is 72.9 cm³/mol. The van der Waals surface area contributed by atoms with Crippen LogP contribution in [0.15, 0.2) is 24.3 Å². The monoisotopic (exact) mass is 296 g/mol. The first-order valence-electron chi connectivity index (χ1n) is 6.33. The van der Waals surface area contributed by atoms with E-state index in [4.69, 9.17) is 4.74 Å².